The smallest absolute Gasteiger partial charge is 0.153 e. The van der Waals surface area contributed by atoms with Crippen molar-refractivity contribution in [3.05, 3.63) is 6.04 Å². The van der Waals surface area contributed by atoms with Gasteiger partial charge in [0.15, 0.2) is 7.38 Å². The van der Waals surface area contributed by atoms with Crippen molar-refractivity contribution in [2.75, 3.05) is 0 Å². The minimum atomic E-state index is -1.41. The van der Waals surface area contributed by atoms with Gasteiger partial charge in [0.05, 0.1) is 0 Å². The van der Waals surface area contributed by atoms with Gasteiger partial charge in [0.1, 0.15) is 0 Å². The Bertz CT molecular complexity index is 163. The van der Waals surface area contributed by atoms with Gasteiger partial charge in [-0.2, -0.15) is 11.1 Å². The lowest BCUT2D eigenvalue weighted by molar-refractivity contribution is 0.550. The molecular formula is C16H34ClSi. The van der Waals surface area contributed by atoms with Gasteiger partial charge in [0.2, 0.25) is 0 Å². The van der Waals surface area contributed by atoms with E-state index in [1.807, 2.05) is 0 Å². The topological polar surface area (TPSA) is 0 Å². The second kappa shape index (κ2) is 12.5. The van der Waals surface area contributed by atoms with Crippen LogP contribution in [0.5, 0.6) is 0 Å². The highest BCUT2D eigenvalue weighted by molar-refractivity contribution is 7.21. The summed E-state index contributed by atoms with van der Waals surface area (Å²) < 4.78 is 0. The average molecular weight is 290 g/mol. The van der Waals surface area contributed by atoms with E-state index in [-0.39, 0.29) is 0 Å². The van der Waals surface area contributed by atoms with E-state index >= 15 is 0 Å². The predicted octanol–water partition coefficient (Wildman–Crippen LogP) is 6.87. The van der Waals surface area contributed by atoms with E-state index in [9.17, 15) is 0 Å². The molecule has 0 saturated carbocycles. The van der Waals surface area contributed by atoms with Crippen LogP contribution >= 0.6 is 11.1 Å². The molecule has 0 atom stereocenters. The van der Waals surface area contributed by atoms with Gasteiger partial charge in [-0.3, -0.25) is 0 Å². The minimum absolute atomic E-state index is 1.24. The number of rotatable bonds is 13. The fourth-order valence-electron chi connectivity index (χ4n) is 2.25. The molecule has 109 valence electrons. The van der Waals surface area contributed by atoms with Gasteiger partial charge in [-0.05, 0) is 6.04 Å². The Kier molecular flexibility index (Phi) is 12.9. The van der Waals surface area contributed by atoms with E-state index < -0.39 is 7.38 Å². The maximum Gasteiger partial charge on any atom is 0.153 e. The van der Waals surface area contributed by atoms with Crippen LogP contribution in [-0.4, -0.2) is 7.38 Å². The summed E-state index contributed by atoms with van der Waals surface area (Å²) in [5.41, 5.74) is 0. The van der Waals surface area contributed by atoms with E-state index in [2.05, 4.69) is 26.1 Å². The van der Waals surface area contributed by atoms with Crippen LogP contribution in [0.15, 0.2) is 0 Å². The summed E-state index contributed by atoms with van der Waals surface area (Å²) in [7, 11) is -1.41. The van der Waals surface area contributed by atoms with Crippen LogP contribution in [0.25, 0.3) is 0 Å². The summed E-state index contributed by atoms with van der Waals surface area (Å²) >= 11 is 6.25. The first kappa shape index (κ1) is 18.5. The molecule has 0 amide bonds. The molecule has 0 spiro atoms. The normalized spacial score (nSPS) is 12.0. The van der Waals surface area contributed by atoms with E-state index in [4.69, 9.17) is 11.1 Å². The second-order valence-electron chi connectivity index (χ2n) is 6.09. The third-order valence-corrected chi connectivity index (χ3v) is 5.16. The molecule has 1 radical (unpaired) electrons. The molecule has 0 heterocycles. The lowest BCUT2D eigenvalue weighted by Gasteiger charge is -2.11. The van der Waals surface area contributed by atoms with Crippen molar-refractivity contribution in [3.63, 3.8) is 0 Å². The molecule has 0 aliphatic carbocycles. The molecule has 0 aromatic carbocycles. The van der Waals surface area contributed by atoms with E-state index in [1.165, 1.54) is 77.0 Å². The molecule has 0 aliphatic rings. The Labute approximate surface area is 122 Å². The van der Waals surface area contributed by atoms with Crippen LogP contribution in [0, 0.1) is 6.04 Å². The standard InChI is InChI=1S/C16H34ClSi/c1-4-5-6-7-8-9-10-11-12-13-14-15-16-18(2,3)17/h16H,4-15H2,1-3H3. The number of unbranched alkanes of at least 4 members (excludes halogenated alkanes) is 11. The fourth-order valence-corrected chi connectivity index (χ4v) is 3.47. The molecule has 0 saturated heterocycles. The minimum Gasteiger partial charge on any atom is -0.167 e. The van der Waals surface area contributed by atoms with Crippen molar-refractivity contribution >= 4 is 18.5 Å². The van der Waals surface area contributed by atoms with Gasteiger partial charge in [-0.15, -0.1) is 0 Å². The largest absolute Gasteiger partial charge is 0.167 e. The van der Waals surface area contributed by atoms with Gasteiger partial charge in [-0.25, -0.2) is 0 Å². The van der Waals surface area contributed by atoms with Gasteiger partial charge in [0.25, 0.3) is 0 Å². The van der Waals surface area contributed by atoms with Crippen LogP contribution in [0.2, 0.25) is 13.1 Å². The summed E-state index contributed by atoms with van der Waals surface area (Å²) in [6.45, 7) is 6.69. The third kappa shape index (κ3) is 16.5. The Balaban J connectivity index is 2.99. The van der Waals surface area contributed by atoms with Crippen molar-refractivity contribution < 1.29 is 0 Å². The summed E-state index contributed by atoms with van der Waals surface area (Å²) in [6.07, 6.45) is 16.9. The molecule has 0 aromatic rings. The molecule has 0 unspecified atom stereocenters. The highest BCUT2D eigenvalue weighted by Gasteiger charge is 2.15. The average Bonchev–Trinajstić information content (AvgIpc) is 2.29. The zero-order valence-electron chi connectivity index (χ0n) is 12.9. The maximum atomic E-state index is 6.25. The van der Waals surface area contributed by atoms with Crippen molar-refractivity contribution in [1.29, 1.82) is 0 Å². The molecule has 0 aromatic heterocycles. The molecule has 0 fully saturated rings. The number of hydrogen-bond donors (Lipinski definition) is 0. The monoisotopic (exact) mass is 289 g/mol. The first-order valence-corrected chi connectivity index (χ1v) is 12.2. The lowest BCUT2D eigenvalue weighted by Crippen LogP contribution is -2.17. The predicted molar refractivity (Wildman–Crippen MR) is 88.7 cm³/mol. The number of hydrogen-bond acceptors (Lipinski definition) is 0. The van der Waals surface area contributed by atoms with E-state index in [0.717, 1.165) is 0 Å². The molecule has 0 N–H and O–H groups in total. The Morgan fingerprint density at radius 2 is 1.11 bits per heavy atom. The van der Waals surface area contributed by atoms with Crippen LogP contribution in [-0.2, 0) is 0 Å². The molecule has 0 aliphatic heterocycles. The van der Waals surface area contributed by atoms with Crippen molar-refractivity contribution in [3.8, 4) is 0 Å². The maximum absolute atomic E-state index is 6.25. The van der Waals surface area contributed by atoms with Crippen LogP contribution in [0.3, 0.4) is 0 Å². The molecule has 0 rings (SSSR count). The summed E-state index contributed by atoms with van der Waals surface area (Å²) in [4.78, 5) is 0. The summed E-state index contributed by atoms with van der Waals surface area (Å²) in [5, 5.41) is 0. The van der Waals surface area contributed by atoms with E-state index in [1.54, 1.807) is 0 Å². The number of halogens is 1. The van der Waals surface area contributed by atoms with Crippen molar-refractivity contribution in [2.24, 2.45) is 0 Å². The van der Waals surface area contributed by atoms with Crippen LogP contribution in [0.4, 0.5) is 0 Å². The first-order valence-electron chi connectivity index (χ1n) is 8.09. The highest BCUT2D eigenvalue weighted by Crippen LogP contribution is 2.17. The van der Waals surface area contributed by atoms with Crippen molar-refractivity contribution in [2.45, 2.75) is 97.1 Å². The zero-order chi connectivity index (χ0) is 13.7. The highest BCUT2D eigenvalue weighted by atomic mass is 35.6. The second-order valence-corrected chi connectivity index (χ2v) is 12.6. The van der Waals surface area contributed by atoms with Gasteiger partial charge in [0, 0.05) is 0 Å². The first-order chi connectivity index (χ1) is 8.56. The summed E-state index contributed by atoms with van der Waals surface area (Å²) in [5.74, 6) is 0. The Morgan fingerprint density at radius 3 is 1.50 bits per heavy atom. The van der Waals surface area contributed by atoms with Gasteiger partial charge < -0.3 is 0 Å². The summed E-state index contributed by atoms with van der Waals surface area (Å²) in [6, 6.07) is 2.38. The van der Waals surface area contributed by atoms with Crippen molar-refractivity contribution in [1.82, 2.24) is 0 Å². The Hall–Kier alpha value is 0.507. The molecule has 2 heteroatoms. The molecule has 0 bridgehead atoms. The SMILES string of the molecule is CCCCCCCCCCCCC[CH][Si](C)(C)Cl. The lowest BCUT2D eigenvalue weighted by atomic mass is 10.1. The van der Waals surface area contributed by atoms with Gasteiger partial charge in [-0.1, -0.05) is 97.1 Å². The van der Waals surface area contributed by atoms with Gasteiger partial charge >= 0.3 is 0 Å². The molecular weight excluding hydrogens is 256 g/mol. The zero-order valence-corrected chi connectivity index (χ0v) is 14.7. The molecule has 0 nitrogen and oxygen atoms in total. The van der Waals surface area contributed by atoms with E-state index in [0.29, 0.717) is 0 Å². The Morgan fingerprint density at radius 1 is 0.722 bits per heavy atom. The van der Waals surface area contributed by atoms with Crippen LogP contribution in [0.1, 0.15) is 84.0 Å². The third-order valence-electron chi connectivity index (χ3n) is 3.44. The molecule has 18 heavy (non-hydrogen) atoms. The van der Waals surface area contributed by atoms with Crippen LogP contribution < -0.4 is 0 Å². The quantitative estimate of drug-likeness (QED) is 0.197. The fraction of sp³-hybridized carbons (Fsp3) is 0.938.